The van der Waals surface area contributed by atoms with E-state index in [9.17, 15) is 0 Å². The Morgan fingerprint density at radius 3 is 2.10 bits per heavy atom. The molecule has 0 aliphatic heterocycles. The second kappa shape index (κ2) is 10.5. The third kappa shape index (κ3) is 4.08. The molecule has 6 aromatic carbocycles. The topological polar surface area (TPSA) is 16.4 Å². The van der Waals surface area contributed by atoms with E-state index in [0.717, 1.165) is 29.9 Å². The summed E-state index contributed by atoms with van der Waals surface area (Å²) in [5.41, 5.74) is 18.7. The van der Waals surface area contributed by atoms with Gasteiger partial charge in [-0.15, -0.1) is 0 Å². The molecule has 0 bridgehead atoms. The summed E-state index contributed by atoms with van der Waals surface area (Å²) < 4.78 is 6.26. The first-order valence-electron chi connectivity index (χ1n) is 17.9. The van der Waals surface area contributed by atoms with Gasteiger partial charge in [-0.05, 0) is 99.0 Å². The lowest BCUT2D eigenvalue weighted by atomic mass is 9.82. The highest BCUT2D eigenvalue weighted by molar-refractivity contribution is 5.97. The fourth-order valence-electron chi connectivity index (χ4n) is 9.14. The molecule has 50 heavy (non-hydrogen) atoms. The fourth-order valence-corrected chi connectivity index (χ4v) is 9.14. The molecule has 242 valence electrons. The Kier molecular flexibility index (Phi) is 6.13. The van der Waals surface area contributed by atoms with E-state index in [-0.39, 0.29) is 10.8 Å². The minimum absolute atomic E-state index is 0.0926. The predicted octanol–water partition coefficient (Wildman–Crippen LogP) is 13.1. The van der Waals surface area contributed by atoms with Crippen molar-refractivity contribution >= 4 is 34.1 Å². The van der Waals surface area contributed by atoms with Crippen molar-refractivity contribution in [1.82, 2.24) is 0 Å². The van der Waals surface area contributed by atoms with Crippen LogP contribution in [0.1, 0.15) is 67.7 Å². The Bertz CT molecular complexity index is 2560. The Balaban J connectivity index is 1.19. The van der Waals surface area contributed by atoms with Crippen molar-refractivity contribution in [2.45, 2.75) is 51.4 Å². The van der Waals surface area contributed by atoms with E-state index in [4.69, 9.17) is 4.42 Å². The number of anilines is 3. The first-order chi connectivity index (χ1) is 24.3. The Morgan fingerprint density at radius 2 is 1.24 bits per heavy atom. The van der Waals surface area contributed by atoms with Crippen molar-refractivity contribution in [1.29, 1.82) is 0 Å². The van der Waals surface area contributed by atoms with Crippen molar-refractivity contribution in [3.8, 4) is 33.4 Å². The lowest BCUT2D eigenvalue weighted by molar-refractivity contribution is 0.546. The number of furan rings is 1. The molecule has 2 heteroatoms. The summed E-state index contributed by atoms with van der Waals surface area (Å²) in [5.74, 6) is 1.10. The molecule has 0 amide bonds. The van der Waals surface area contributed by atoms with Gasteiger partial charge < -0.3 is 9.32 Å². The maximum Gasteiger partial charge on any atom is 0.134 e. The molecule has 0 radical (unpaired) electrons. The van der Waals surface area contributed by atoms with Gasteiger partial charge >= 0.3 is 0 Å². The van der Waals surface area contributed by atoms with Crippen molar-refractivity contribution < 1.29 is 4.42 Å². The normalized spacial score (nSPS) is 15.7. The zero-order valence-corrected chi connectivity index (χ0v) is 29.0. The number of rotatable bonds is 4. The molecule has 0 saturated heterocycles. The molecule has 1 heterocycles. The van der Waals surface area contributed by atoms with Gasteiger partial charge in [0.05, 0.1) is 5.69 Å². The van der Waals surface area contributed by atoms with Gasteiger partial charge in [0.15, 0.2) is 0 Å². The fraction of sp³-hybridized carbons (Fsp3) is 0.167. The highest BCUT2D eigenvalue weighted by atomic mass is 16.3. The molecule has 0 atom stereocenters. The molecule has 3 aliphatic carbocycles. The quantitative estimate of drug-likeness (QED) is 0.189. The zero-order chi connectivity index (χ0) is 33.8. The smallest absolute Gasteiger partial charge is 0.134 e. The van der Waals surface area contributed by atoms with Crippen LogP contribution in [0.2, 0.25) is 0 Å². The summed E-state index contributed by atoms with van der Waals surface area (Å²) >= 11 is 0. The summed E-state index contributed by atoms with van der Waals surface area (Å²) in [4.78, 5) is 2.50. The minimum Gasteiger partial charge on any atom is -0.460 e. The second-order valence-electron chi connectivity index (χ2n) is 15.2. The van der Waals surface area contributed by atoms with Gasteiger partial charge in [-0.1, -0.05) is 125 Å². The van der Waals surface area contributed by atoms with E-state index in [1.165, 1.54) is 78.0 Å². The van der Waals surface area contributed by atoms with E-state index in [2.05, 4.69) is 172 Å². The highest BCUT2D eigenvalue weighted by Crippen LogP contribution is 2.55. The maximum absolute atomic E-state index is 6.26. The average Bonchev–Trinajstić information content (AvgIpc) is 3.72. The average molecular weight is 646 g/mol. The van der Waals surface area contributed by atoms with Gasteiger partial charge in [0.25, 0.3) is 0 Å². The molecule has 7 aromatic rings. The largest absolute Gasteiger partial charge is 0.460 e. The number of hydrogen-bond acceptors (Lipinski definition) is 2. The van der Waals surface area contributed by atoms with Gasteiger partial charge in [-0.25, -0.2) is 0 Å². The highest BCUT2D eigenvalue weighted by Gasteiger charge is 2.39. The van der Waals surface area contributed by atoms with Crippen LogP contribution in [0.3, 0.4) is 0 Å². The summed E-state index contributed by atoms with van der Waals surface area (Å²) in [5, 5.41) is 1.19. The summed E-state index contributed by atoms with van der Waals surface area (Å²) in [7, 11) is 0. The summed E-state index contributed by atoms with van der Waals surface area (Å²) in [6.45, 7) is 9.46. The van der Waals surface area contributed by atoms with Crippen LogP contribution < -0.4 is 4.90 Å². The molecule has 0 unspecified atom stereocenters. The second-order valence-corrected chi connectivity index (χ2v) is 15.2. The number of aryl methyl sites for hydroxylation is 1. The van der Waals surface area contributed by atoms with E-state index >= 15 is 0 Å². The van der Waals surface area contributed by atoms with Crippen LogP contribution >= 0.6 is 0 Å². The van der Waals surface area contributed by atoms with E-state index in [1.807, 2.05) is 0 Å². The van der Waals surface area contributed by atoms with Crippen LogP contribution in [0.5, 0.6) is 0 Å². The summed E-state index contributed by atoms with van der Waals surface area (Å²) in [6, 6.07) is 47.6. The standard InChI is InChI=1S/C48H39NO/c1-47(2)40-19-9-6-17-37(40)46-41(47)20-12-21-43(46)49(33-24-25-35-34-15-5-8-18-39(34)48(3,4)42(35)29-33)32-14-11-13-30(27-32)31-23-26-45-38(28-31)36-16-7-10-22-44(36)50-45/h5-9,11-21,23-29H,10,22H2,1-4H3. The van der Waals surface area contributed by atoms with Crippen LogP contribution in [0.25, 0.3) is 50.4 Å². The van der Waals surface area contributed by atoms with Crippen molar-refractivity contribution in [2.24, 2.45) is 0 Å². The summed E-state index contributed by atoms with van der Waals surface area (Å²) in [6.07, 6.45) is 6.49. The molecule has 1 aromatic heterocycles. The van der Waals surface area contributed by atoms with Crippen molar-refractivity contribution in [3.63, 3.8) is 0 Å². The number of nitrogens with zero attached hydrogens (tertiary/aromatic N) is 1. The third-order valence-corrected chi connectivity index (χ3v) is 11.7. The number of hydrogen-bond donors (Lipinski definition) is 0. The third-order valence-electron chi connectivity index (χ3n) is 11.7. The number of fused-ring (bicyclic) bond motifs is 9. The van der Waals surface area contributed by atoms with E-state index < -0.39 is 0 Å². The SMILES string of the molecule is CC1(C)c2ccccc2-c2ccc(N(c3cccc(-c4ccc5oc6c(c5c4)C=CCC6)c3)c3cccc4c3-c3ccccc3C4(C)C)cc21. The Labute approximate surface area is 294 Å². The van der Waals surface area contributed by atoms with Crippen LogP contribution in [-0.2, 0) is 17.3 Å². The molecule has 3 aliphatic rings. The lowest BCUT2D eigenvalue weighted by Gasteiger charge is -2.30. The molecule has 10 rings (SSSR count). The van der Waals surface area contributed by atoms with Crippen LogP contribution in [0.15, 0.2) is 138 Å². The van der Waals surface area contributed by atoms with Gasteiger partial charge in [-0.3, -0.25) is 0 Å². The molecule has 0 fully saturated rings. The molecular weight excluding hydrogens is 607 g/mol. The van der Waals surface area contributed by atoms with Gasteiger partial charge in [0.1, 0.15) is 11.3 Å². The van der Waals surface area contributed by atoms with Crippen molar-refractivity contribution in [3.05, 3.63) is 167 Å². The molecule has 0 N–H and O–H groups in total. The maximum atomic E-state index is 6.26. The van der Waals surface area contributed by atoms with Crippen molar-refractivity contribution in [2.75, 3.05) is 4.90 Å². The van der Waals surface area contributed by atoms with Gasteiger partial charge in [0.2, 0.25) is 0 Å². The first kappa shape index (κ1) is 29.3. The minimum atomic E-state index is -0.101. The van der Waals surface area contributed by atoms with Gasteiger partial charge in [-0.2, -0.15) is 0 Å². The first-order valence-corrected chi connectivity index (χ1v) is 17.9. The van der Waals surface area contributed by atoms with Crippen LogP contribution in [0, 0.1) is 0 Å². The Hall–Kier alpha value is -5.60. The zero-order valence-electron chi connectivity index (χ0n) is 29.0. The van der Waals surface area contributed by atoms with E-state index in [0.29, 0.717) is 0 Å². The molecule has 0 saturated carbocycles. The van der Waals surface area contributed by atoms with Crippen LogP contribution in [0.4, 0.5) is 17.1 Å². The Morgan fingerprint density at radius 1 is 0.560 bits per heavy atom. The van der Waals surface area contributed by atoms with Gasteiger partial charge in [0, 0.05) is 45.1 Å². The lowest BCUT2D eigenvalue weighted by Crippen LogP contribution is -2.17. The number of benzene rings is 6. The molecule has 2 nitrogen and oxygen atoms in total. The molecule has 0 spiro atoms. The molecular formula is C48H39NO. The monoisotopic (exact) mass is 645 g/mol. The predicted molar refractivity (Wildman–Crippen MR) is 209 cm³/mol. The van der Waals surface area contributed by atoms with E-state index in [1.54, 1.807) is 0 Å². The number of allylic oxidation sites excluding steroid dienone is 1. The van der Waals surface area contributed by atoms with Crippen LogP contribution in [-0.4, -0.2) is 0 Å².